The third kappa shape index (κ3) is 3.96. The monoisotopic (exact) mass is 393 g/mol. The number of rotatable bonds is 5. The zero-order valence-corrected chi connectivity index (χ0v) is 17.1. The van der Waals surface area contributed by atoms with Crippen LogP contribution in [0.1, 0.15) is 53.0 Å². The Kier molecular flexibility index (Phi) is 5.48. The number of aromatic amines is 1. The Balaban J connectivity index is 1.80. The number of sulfonamides is 1. The SMILES string of the molecule is Cc1ccc(CNC(=O)c2[nH]c(C)c(S(=O)(=O)N3CCC(C)CC3)c2C)o1. The molecule has 0 unspecified atom stereocenters. The zero-order chi connectivity index (χ0) is 19.8. The van der Waals surface area contributed by atoms with Gasteiger partial charge in [-0.2, -0.15) is 4.31 Å². The quantitative estimate of drug-likeness (QED) is 0.816. The van der Waals surface area contributed by atoms with E-state index in [-0.39, 0.29) is 23.0 Å². The molecule has 1 amide bonds. The highest BCUT2D eigenvalue weighted by atomic mass is 32.2. The van der Waals surface area contributed by atoms with Gasteiger partial charge in [-0.1, -0.05) is 6.92 Å². The lowest BCUT2D eigenvalue weighted by Crippen LogP contribution is -2.38. The van der Waals surface area contributed by atoms with E-state index in [9.17, 15) is 13.2 Å². The van der Waals surface area contributed by atoms with Gasteiger partial charge in [-0.05, 0) is 57.2 Å². The molecule has 7 nitrogen and oxygen atoms in total. The first-order valence-corrected chi connectivity index (χ1v) is 10.7. The van der Waals surface area contributed by atoms with Crippen LogP contribution in [0.5, 0.6) is 0 Å². The summed E-state index contributed by atoms with van der Waals surface area (Å²) in [5.41, 5.74) is 1.23. The number of carbonyl (C=O) groups excluding carboxylic acids is 1. The van der Waals surface area contributed by atoms with E-state index in [1.807, 2.05) is 13.0 Å². The molecule has 1 saturated heterocycles. The number of H-pyrrole nitrogens is 1. The molecular formula is C19H27N3O4S. The Morgan fingerprint density at radius 1 is 1.26 bits per heavy atom. The molecule has 0 radical (unpaired) electrons. The minimum Gasteiger partial charge on any atom is -0.465 e. The fraction of sp³-hybridized carbons (Fsp3) is 0.526. The molecule has 2 N–H and O–H groups in total. The molecule has 0 aromatic carbocycles. The first kappa shape index (κ1) is 19.7. The number of nitrogens with one attached hydrogen (secondary N) is 2. The lowest BCUT2D eigenvalue weighted by Gasteiger charge is -2.29. The van der Waals surface area contributed by atoms with Crippen LogP contribution < -0.4 is 5.32 Å². The van der Waals surface area contributed by atoms with E-state index in [4.69, 9.17) is 4.42 Å². The van der Waals surface area contributed by atoms with Gasteiger partial charge in [0.25, 0.3) is 5.91 Å². The van der Waals surface area contributed by atoms with Crippen molar-refractivity contribution in [3.8, 4) is 0 Å². The fourth-order valence-corrected chi connectivity index (χ4v) is 5.41. The average Bonchev–Trinajstić information content (AvgIpc) is 3.16. The fourth-order valence-electron chi connectivity index (χ4n) is 3.54. The van der Waals surface area contributed by atoms with Crippen LogP contribution in [0.15, 0.2) is 21.4 Å². The Labute approximate surface area is 160 Å². The largest absolute Gasteiger partial charge is 0.465 e. The molecule has 0 spiro atoms. The molecule has 8 heteroatoms. The molecule has 2 aromatic rings. The van der Waals surface area contributed by atoms with Crippen LogP contribution in [0.3, 0.4) is 0 Å². The van der Waals surface area contributed by atoms with E-state index in [1.165, 1.54) is 4.31 Å². The van der Waals surface area contributed by atoms with Gasteiger partial charge < -0.3 is 14.7 Å². The van der Waals surface area contributed by atoms with E-state index in [0.717, 1.165) is 18.6 Å². The van der Waals surface area contributed by atoms with Crippen molar-refractivity contribution in [2.75, 3.05) is 13.1 Å². The Morgan fingerprint density at radius 2 is 1.93 bits per heavy atom. The summed E-state index contributed by atoms with van der Waals surface area (Å²) in [4.78, 5) is 15.7. The molecule has 0 aliphatic carbocycles. The van der Waals surface area contributed by atoms with Gasteiger partial charge in [0.15, 0.2) is 0 Å². The summed E-state index contributed by atoms with van der Waals surface area (Å²) in [6.07, 6.45) is 1.72. The number of carbonyl (C=O) groups is 1. The second-order valence-corrected chi connectivity index (χ2v) is 9.24. The Bertz CT molecular complexity index is 934. The number of hydrogen-bond acceptors (Lipinski definition) is 4. The second-order valence-electron chi connectivity index (χ2n) is 7.36. The van der Waals surface area contributed by atoms with Gasteiger partial charge in [0, 0.05) is 18.8 Å². The van der Waals surface area contributed by atoms with Gasteiger partial charge in [-0.15, -0.1) is 0 Å². The predicted octanol–water partition coefficient (Wildman–Crippen LogP) is 2.88. The maximum atomic E-state index is 13.1. The molecule has 1 aliphatic heterocycles. The van der Waals surface area contributed by atoms with Crippen molar-refractivity contribution in [2.24, 2.45) is 5.92 Å². The van der Waals surface area contributed by atoms with Crippen molar-refractivity contribution in [3.63, 3.8) is 0 Å². The molecule has 2 aromatic heterocycles. The van der Waals surface area contributed by atoms with Crippen molar-refractivity contribution < 1.29 is 17.6 Å². The lowest BCUT2D eigenvalue weighted by atomic mass is 10.0. The van der Waals surface area contributed by atoms with E-state index in [0.29, 0.717) is 36.0 Å². The smallest absolute Gasteiger partial charge is 0.268 e. The van der Waals surface area contributed by atoms with Crippen LogP contribution >= 0.6 is 0 Å². The summed E-state index contributed by atoms with van der Waals surface area (Å²) in [7, 11) is -3.62. The van der Waals surface area contributed by atoms with Crippen molar-refractivity contribution in [2.45, 2.75) is 52.0 Å². The Morgan fingerprint density at radius 3 is 2.52 bits per heavy atom. The summed E-state index contributed by atoms with van der Waals surface area (Å²) in [5.74, 6) is 1.61. The normalized spacial score (nSPS) is 16.6. The second kappa shape index (κ2) is 7.52. The van der Waals surface area contributed by atoms with Gasteiger partial charge >= 0.3 is 0 Å². The first-order chi connectivity index (χ1) is 12.7. The summed E-state index contributed by atoms with van der Waals surface area (Å²) < 4.78 is 33.2. The van der Waals surface area contributed by atoms with Gasteiger partial charge in [0.05, 0.1) is 6.54 Å². The van der Waals surface area contributed by atoms with Crippen LogP contribution in [0.25, 0.3) is 0 Å². The number of piperidine rings is 1. The summed E-state index contributed by atoms with van der Waals surface area (Å²) in [5, 5.41) is 2.77. The number of nitrogens with zero attached hydrogens (tertiary/aromatic N) is 1. The topological polar surface area (TPSA) is 95.4 Å². The lowest BCUT2D eigenvalue weighted by molar-refractivity contribution is 0.0942. The highest BCUT2D eigenvalue weighted by Gasteiger charge is 2.33. The molecule has 148 valence electrons. The van der Waals surface area contributed by atoms with E-state index < -0.39 is 10.0 Å². The molecule has 0 atom stereocenters. The third-order valence-electron chi connectivity index (χ3n) is 5.16. The van der Waals surface area contributed by atoms with Crippen molar-refractivity contribution in [1.82, 2.24) is 14.6 Å². The number of amides is 1. The number of aromatic nitrogens is 1. The third-order valence-corrected chi connectivity index (χ3v) is 7.33. The van der Waals surface area contributed by atoms with E-state index in [1.54, 1.807) is 19.9 Å². The molecule has 0 saturated carbocycles. The molecule has 3 rings (SSSR count). The molecule has 0 bridgehead atoms. The summed E-state index contributed by atoms with van der Waals surface area (Å²) >= 11 is 0. The van der Waals surface area contributed by atoms with Gasteiger partial charge in [-0.3, -0.25) is 4.79 Å². The highest BCUT2D eigenvalue weighted by Crippen LogP contribution is 2.29. The van der Waals surface area contributed by atoms with Crippen LogP contribution in [-0.2, 0) is 16.6 Å². The molecule has 3 heterocycles. The molecule has 1 fully saturated rings. The zero-order valence-electron chi connectivity index (χ0n) is 16.3. The maximum absolute atomic E-state index is 13.1. The number of furan rings is 1. The number of aryl methyl sites for hydroxylation is 2. The van der Waals surface area contributed by atoms with Crippen LogP contribution in [0.2, 0.25) is 0 Å². The van der Waals surface area contributed by atoms with Gasteiger partial charge in [-0.25, -0.2) is 8.42 Å². The maximum Gasteiger partial charge on any atom is 0.268 e. The predicted molar refractivity (Wildman–Crippen MR) is 102 cm³/mol. The van der Waals surface area contributed by atoms with Crippen molar-refractivity contribution in [3.05, 3.63) is 40.6 Å². The first-order valence-electron chi connectivity index (χ1n) is 9.23. The minimum absolute atomic E-state index is 0.219. The highest BCUT2D eigenvalue weighted by molar-refractivity contribution is 7.89. The Hall–Kier alpha value is -2.06. The van der Waals surface area contributed by atoms with Gasteiger partial charge in [0.1, 0.15) is 22.1 Å². The summed E-state index contributed by atoms with van der Waals surface area (Å²) in [6.45, 7) is 8.63. The molecular weight excluding hydrogens is 366 g/mol. The average molecular weight is 394 g/mol. The summed E-state index contributed by atoms with van der Waals surface area (Å²) in [6, 6.07) is 3.63. The minimum atomic E-state index is -3.62. The molecule has 1 aliphatic rings. The van der Waals surface area contributed by atoms with E-state index in [2.05, 4.69) is 17.2 Å². The van der Waals surface area contributed by atoms with Crippen LogP contribution in [0, 0.1) is 26.7 Å². The van der Waals surface area contributed by atoms with Crippen molar-refractivity contribution >= 4 is 15.9 Å². The van der Waals surface area contributed by atoms with Crippen LogP contribution in [-0.4, -0.2) is 36.7 Å². The van der Waals surface area contributed by atoms with Crippen molar-refractivity contribution in [1.29, 1.82) is 0 Å². The standard InChI is InChI=1S/C19H27N3O4S/c1-12-7-9-22(10-8-12)27(24,25)18-14(3)17(21-15(18)4)19(23)20-11-16-6-5-13(2)26-16/h5-6,12,21H,7-11H2,1-4H3,(H,20,23). The number of hydrogen-bond donors (Lipinski definition) is 2. The van der Waals surface area contributed by atoms with Gasteiger partial charge in [0.2, 0.25) is 10.0 Å². The van der Waals surface area contributed by atoms with E-state index >= 15 is 0 Å². The molecule has 27 heavy (non-hydrogen) atoms. The van der Waals surface area contributed by atoms with Crippen LogP contribution in [0.4, 0.5) is 0 Å².